The first-order valence-corrected chi connectivity index (χ1v) is 8.85. The predicted octanol–water partition coefficient (Wildman–Crippen LogP) is 3.81. The van der Waals surface area contributed by atoms with Crippen molar-refractivity contribution in [1.82, 2.24) is 4.90 Å². The predicted molar refractivity (Wildman–Crippen MR) is 99.3 cm³/mol. The summed E-state index contributed by atoms with van der Waals surface area (Å²) in [5, 5.41) is 2.92. The first kappa shape index (κ1) is 17.2. The van der Waals surface area contributed by atoms with Gasteiger partial charge in [0.2, 0.25) is 11.8 Å². The molecule has 2 amide bonds. The number of carbonyl (C=O) groups excluding carboxylic acids is 2. The summed E-state index contributed by atoms with van der Waals surface area (Å²) in [5.41, 5.74) is 1.92. The number of nitrogens with one attached hydrogen (secondary N) is 1. The van der Waals surface area contributed by atoms with Crippen LogP contribution in [-0.2, 0) is 9.59 Å². The minimum Gasteiger partial charge on any atom is -0.331 e. The molecule has 0 unspecified atom stereocenters. The zero-order valence-corrected chi connectivity index (χ0v) is 14.5. The highest BCUT2D eigenvalue weighted by atomic mass is 16.2. The van der Waals surface area contributed by atoms with E-state index in [9.17, 15) is 9.59 Å². The summed E-state index contributed by atoms with van der Waals surface area (Å²) in [5.74, 6) is 0.110. The molecule has 1 heterocycles. The SMILES string of the molecule is C[C@@H](CC(=O)N1CCC[C@@H]1C(=O)Nc1ccccc1)c1ccccc1. The van der Waals surface area contributed by atoms with E-state index in [-0.39, 0.29) is 23.8 Å². The Morgan fingerprint density at radius 3 is 2.40 bits per heavy atom. The highest BCUT2D eigenvalue weighted by Gasteiger charge is 2.34. The Labute approximate surface area is 148 Å². The zero-order chi connectivity index (χ0) is 17.6. The molecule has 0 bridgehead atoms. The lowest BCUT2D eigenvalue weighted by Crippen LogP contribution is -2.43. The molecule has 4 heteroatoms. The second-order valence-corrected chi connectivity index (χ2v) is 6.62. The quantitative estimate of drug-likeness (QED) is 0.902. The fourth-order valence-corrected chi connectivity index (χ4v) is 3.36. The minimum atomic E-state index is -0.365. The summed E-state index contributed by atoms with van der Waals surface area (Å²) < 4.78 is 0. The Morgan fingerprint density at radius 2 is 1.72 bits per heavy atom. The molecule has 0 saturated carbocycles. The molecule has 4 nitrogen and oxygen atoms in total. The van der Waals surface area contributed by atoms with Crippen LogP contribution in [0.25, 0.3) is 0 Å². The molecule has 0 aliphatic carbocycles. The van der Waals surface area contributed by atoms with Gasteiger partial charge in [-0.25, -0.2) is 0 Å². The van der Waals surface area contributed by atoms with Crippen LogP contribution in [0.15, 0.2) is 60.7 Å². The number of hydrogen-bond donors (Lipinski definition) is 1. The average molecular weight is 336 g/mol. The molecule has 0 aromatic heterocycles. The molecule has 1 N–H and O–H groups in total. The first-order chi connectivity index (χ1) is 12.1. The van der Waals surface area contributed by atoms with E-state index in [1.807, 2.05) is 60.7 Å². The number of rotatable bonds is 5. The summed E-state index contributed by atoms with van der Waals surface area (Å²) in [7, 11) is 0. The van der Waals surface area contributed by atoms with Crippen molar-refractivity contribution >= 4 is 17.5 Å². The monoisotopic (exact) mass is 336 g/mol. The molecular weight excluding hydrogens is 312 g/mol. The third-order valence-corrected chi connectivity index (χ3v) is 4.77. The van der Waals surface area contributed by atoms with Crippen LogP contribution in [0.4, 0.5) is 5.69 Å². The molecule has 2 aromatic carbocycles. The maximum atomic E-state index is 12.7. The second kappa shape index (κ2) is 7.97. The molecule has 130 valence electrons. The lowest BCUT2D eigenvalue weighted by molar-refractivity contribution is -0.136. The van der Waals surface area contributed by atoms with Crippen molar-refractivity contribution in [1.29, 1.82) is 0 Å². The standard InChI is InChI=1S/C21H24N2O2/c1-16(17-9-4-2-5-10-17)15-20(24)23-14-8-13-19(23)21(25)22-18-11-6-3-7-12-18/h2-7,9-12,16,19H,8,13-15H2,1H3,(H,22,25)/t16-,19+/m0/s1. The van der Waals surface area contributed by atoms with Crippen molar-refractivity contribution < 1.29 is 9.59 Å². The maximum Gasteiger partial charge on any atom is 0.247 e. The van der Waals surface area contributed by atoms with Gasteiger partial charge in [-0.3, -0.25) is 9.59 Å². The number of nitrogens with zero attached hydrogens (tertiary/aromatic N) is 1. The van der Waals surface area contributed by atoms with Crippen LogP contribution < -0.4 is 5.32 Å². The molecule has 3 rings (SSSR count). The van der Waals surface area contributed by atoms with Gasteiger partial charge in [0, 0.05) is 18.7 Å². The summed E-state index contributed by atoms with van der Waals surface area (Å²) >= 11 is 0. The second-order valence-electron chi connectivity index (χ2n) is 6.62. The first-order valence-electron chi connectivity index (χ1n) is 8.85. The Morgan fingerprint density at radius 1 is 1.08 bits per heavy atom. The van der Waals surface area contributed by atoms with Crippen molar-refractivity contribution in [3.63, 3.8) is 0 Å². The molecule has 1 fully saturated rings. The van der Waals surface area contributed by atoms with Crippen LogP contribution in [0.1, 0.15) is 37.7 Å². The van der Waals surface area contributed by atoms with E-state index in [1.54, 1.807) is 4.90 Å². The van der Waals surface area contributed by atoms with Gasteiger partial charge in [0.1, 0.15) is 6.04 Å². The Bertz CT molecular complexity index is 715. The number of hydrogen-bond acceptors (Lipinski definition) is 2. The zero-order valence-electron chi connectivity index (χ0n) is 14.5. The molecule has 1 saturated heterocycles. The van der Waals surface area contributed by atoms with Gasteiger partial charge in [0.05, 0.1) is 0 Å². The number of para-hydroxylation sites is 1. The number of likely N-dealkylation sites (tertiary alicyclic amines) is 1. The highest BCUT2D eigenvalue weighted by Crippen LogP contribution is 2.24. The number of anilines is 1. The summed E-state index contributed by atoms with van der Waals surface area (Å²) in [4.78, 5) is 27.1. The maximum absolute atomic E-state index is 12.7. The molecule has 2 aromatic rings. The number of carbonyl (C=O) groups is 2. The normalized spacial score (nSPS) is 18.0. The van der Waals surface area contributed by atoms with Gasteiger partial charge in [-0.1, -0.05) is 55.5 Å². The fraction of sp³-hybridized carbons (Fsp3) is 0.333. The van der Waals surface area contributed by atoms with Crippen LogP contribution in [0.2, 0.25) is 0 Å². The molecule has 0 spiro atoms. The third-order valence-electron chi connectivity index (χ3n) is 4.77. The van der Waals surface area contributed by atoms with Gasteiger partial charge in [-0.2, -0.15) is 0 Å². The number of benzene rings is 2. The minimum absolute atomic E-state index is 0.0575. The van der Waals surface area contributed by atoms with Gasteiger partial charge < -0.3 is 10.2 Å². The van der Waals surface area contributed by atoms with E-state index in [0.717, 1.165) is 24.1 Å². The molecule has 2 atom stereocenters. The van der Waals surface area contributed by atoms with Crippen molar-refractivity contribution in [3.05, 3.63) is 66.2 Å². The van der Waals surface area contributed by atoms with Crippen LogP contribution in [0.5, 0.6) is 0 Å². The van der Waals surface area contributed by atoms with Crippen molar-refractivity contribution in [2.45, 2.75) is 38.1 Å². The van der Waals surface area contributed by atoms with Gasteiger partial charge in [0.15, 0.2) is 0 Å². The summed E-state index contributed by atoms with van der Waals surface area (Å²) in [6.45, 7) is 2.72. The molecular formula is C21H24N2O2. The summed E-state index contributed by atoms with van der Waals surface area (Å²) in [6.07, 6.45) is 2.03. The van der Waals surface area contributed by atoms with E-state index in [1.165, 1.54) is 0 Å². The van der Waals surface area contributed by atoms with Crippen molar-refractivity contribution in [2.24, 2.45) is 0 Å². The van der Waals surface area contributed by atoms with Crippen molar-refractivity contribution in [2.75, 3.05) is 11.9 Å². The van der Waals surface area contributed by atoms with Crippen LogP contribution in [-0.4, -0.2) is 29.3 Å². The highest BCUT2D eigenvalue weighted by molar-refractivity contribution is 5.97. The fourth-order valence-electron chi connectivity index (χ4n) is 3.36. The average Bonchev–Trinajstić information content (AvgIpc) is 3.13. The Kier molecular flexibility index (Phi) is 5.49. The Hall–Kier alpha value is -2.62. The van der Waals surface area contributed by atoms with Crippen LogP contribution in [0, 0.1) is 0 Å². The smallest absolute Gasteiger partial charge is 0.247 e. The van der Waals surface area contributed by atoms with Gasteiger partial charge in [-0.05, 0) is 36.5 Å². The van der Waals surface area contributed by atoms with E-state index < -0.39 is 0 Å². The lowest BCUT2D eigenvalue weighted by atomic mass is 9.97. The van der Waals surface area contributed by atoms with E-state index >= 15 is 0 Å². The molecule has 25 heavy (non-hydrogen) atoms. The van der Waals surface area contributed by atoms with Crippen molar-refractivity contribution in [3.8, 4) is 0 Å². The van der Waals surface area contributed by atoms with E-state index in [0.29, 0.717) is 13.0 Å². The van der Waals surface area contributed by atoms with Crippen LogP contribution in [0.3, 0.4) is 0 Å². The summed E-state index contributed by atoms with van der Waals surface area (Å²) in [6, 6.07) is 19.1. The van der Waals surface area contributed by atoms with Crippen LogP contribution >= 0.6 is 0 Å². The van der Waals surface area contributed by atoms with Gasteiger partial charge in [0.25, 0.3) is 0 Å². The largest absolute Gasteiger partial charge is 0.331 e. The number of amides is 2. The van der Waals surface area contributed by atoms with Gasteiger partial charge >= 0.3 is 0 Å². The molecule has 1 aliphatic rings. The molecule has 1 aliphatic heterocycles. The molecule has 0 radical (unpaired) electrons. The van der Waals surface area contributed by atoms with E-state index in [2.05, 4.69) is 12.2 Å². The topological polar surface area (TPSA) is 49.4 Å². The Balaban J connectivity index is 1.62. The lowest BCUT2D eigenvalue weighted by Gasteiger charge is -2.25. The van der Waals surface area contributed by atoms with Gasteiger partial charge in [-0.15, -0.1) is 0 Å². The third kappa shape index (κ3) is 4.27. The van der Waals surface area contributed by atoms with E-state index in [4.69, 9.17) is 0 Å².